The summed E-state index contributed by atoms with van der Waals surface area (Å²) < 4.78 is 5.33. The lowest BCUT2D eigenvalue weighted by Gasteiger charge is -2.41. The van der Waals surface area contributed by atoms with Gasteiger partial charge in [0.1, 0.15) is 5.75 Å². The second kappa shape index (κ2) is 4.54. The maximum absolute atomic E-state index is 5.33. The van der Waals surface area contributed by atoms with E-state index in [0.29, 0.717) is 4.87 Å². The number of fused-ring (bicyclic) bond motifs is 1. The van der Waals surface area contributed by atoms with Crippen LogP contribution >= 0.6 is 11.8 Å². The van der Waals surface area contributed by atoms with Crippen molar-refractivity contribution in [3.63, 3.8) is 0 Å². The van der Waals surface area contributed by atoms with Crippen molar-refractivity contribution < 1.29 is 4.74 Å². The third-order valence-electron chi connectivity index (χ3n) is 3.83. The van der Waals surface area contributed by atoms with Gasteiger partial charge in [0.2, 0.25) is 0 Å². The van der Waals surface area contributed by atoms with Crippen molar-refractivity contribution in [3.05, 3.63) is 29.3 Å². The molecule has 1 saturated heterocycles. The smallest absolute Gasteiger partial charge is 0.119 e. The Bertz CT molecular complexity index is 413. The molecule has 1 aliphatic carbocycles. The summed E-state index contributed by atoms with van der Waals surface area (Å²) in [5.41, 5.74) is 2.97. The van der Waals surface area contributed by atoms with Crippen molar-refractivity contribution >= 4 is 11.8 Å². The second-order valence-corrected chi connectivity index (χ2v) is 6.41. The zero-order chi connectivity index (χ0) is 11.7. The van der Waals surface area contributed by atoms with Crippen molar-refractivity contribution in [1.82, 2.24) is 5.32 Å². The standard InChI is InChI=1S/C14H19NOS/c1-16-13-4-3-11-5-6-14(10-12(11)9-13)15-7-2-8-17-14/h3-4,9,15H,2,5-8,10H2,1H3. The maximum atomic E-state index is 5.33. The largest absolute Gasteiger partial charge is 0.497 e. The van der Waals surface area contributed by atoms with Gasteiger partial charge in [-0.2, -0.15) is 0 Å². The van der Waals surface area contributed by atoms with Crippen LogP contribution < -0.4 is 10.1 Å². The van der Waals surface area contributed by atoms with E-state index in [9.17, 15) is 0 Å². The van der Waals surface area contributed by atoms with E-state index in [4.69, 9.17) is 4.74 Å². The fourth-order valence-corrected chi connectivity index (χ4v) is 4.24. The van der Waals surface area contributed by atoms with Crippen molar-refractivity contribution in [2.75, 3.05) is 19.4 Å². The second-order valence-electron chi connectivity index (χ2n) is 4.93. The van der Waals surface area contributed by atoms with Crippen molar-refractivity contribution in [1.29, 1.82) is 0 Å². The zero-order valence-electron chi connectivity index (χ0n) is 10.3. The minimum absolute atomic E-state index is 0.303. The van der Waals surface area contributed by atoms with E-state index in [-0.39, 0.29) is 0 Å². The predicted molar refractivity (Wildman–Crippen MR) is 72.8 cm³/mol. The Kier molecular flexibility index (Phi) is 3.05. The Balaban J connectivity index is 1.87. The number of hydrogen-bond acceptors (Lipinski definition) is 3. The first-order valence-corrected chi connectivity index (χ1v) is 7.35. The number of aryl methyl sites for hydroxylation is 1. The Morgan fingerprint density at radius 3 is 3.06 bits per heavy atom. The molecule has 0 aromatic heterocycles. The maximum Gasteiger partial charge on any atom is 0.119 e. The summed E-state index contributed by atoms with van der Waals surface area (Å²) in [7, 11) is 1.74. The molecule has 3 rings (SSSR count). The lowest BCUT2D eigenvalue weighted by atomic mass is 9.87. The van der Waals surface area contributed by atoms with Gasteiger partial charge in [0.25, 0.3) is 0 Å². The van der Waals surface area contributed by atoms with Crippen LogP contribution in [0.5, 0.6) is 5.75 Å². The fraction of sp³-hybridized carbons (Fsp3) is 0.571. The lowest BCUT2D eigenvalue weighted by Crippen LogP contribution is -2.49. The third kappa shape index (κ3) is 2.18. The molecular weight excluding hydrogens is 230 g/mol. The first-order valence-electron chi connectivity index (χ1n) is 6.36. The van der Waals surface area contributed by atoms with Gasteiger partial charge in [0.05, 0.1) is 12.0 Å². The van der Waals surface area contributed by atoms with Gasteiger partial charge in [0, 0.05) is 6.42 Å². The highest BCUT2D eigenvalue weighted by molar-refractivity contribution is 8.00. The summed E-state index contributed by atoms with van der Waals surface area (Å²) in [6.07, 6.45) is 4.90. The van der Waals surface area contributed by atoms with Crippen LogP contribution in [0.2, 0.25) is 0 Å². The van der Waals surface area contributed by atoms with E-state index in [0.717, 1.165) is 12.2 Å². The van der Waals surface area contributed by atoms with E-state index in [1.165, 1.54) is 42.7 Å². The molecule has 0 amide bonds. The Hall–Kier alpha value is -0.670. The molecule has 2 aliphatic rings. The summed E-state index contributed by atoms with van der Waals surface area (Å²) in [6.45, 7) is 1.17. The van der Waals surface area contributed by atoms with Crippen molar-refractivity contribution in [2.45, 2.75) is 30.6 Å². The normalized spacial score (nSPS) is 27.8. The molecule has 1 aliphatic heterocycles. The van der Waals surface area contributed by atoms with Crippen LogP contribution in [0.4, 0.5) is 0 Å². The van der Waals surface area contributed by atoms with Crippen LogP contribution in [-0.4, -0.2) is 24.3 Å². The number of nitrogens with one attached hydrogen (secondary N) is 1. The lowest BCUT2D eigenvalue weighted by molar-refractivity contribution is 0.396. The SMILES string of the molecule is COc1ccc2c(c1)CC1(CC2)NCCCS1. The van der Waals surface area contributed by atoms with Gasteiger partial charge in [-0.15, -0.1) is 11.8 Å². The Labute approximate surface area is 107 Å². The number of hydrogen-bond donors (Lipinski definition) is 1. The third-order valence-corrected chi connectivity index (χ3v) is 5.37. The Morgan fingerprint density at radius 2 is 2.29 bits per heavy atom. The molecule has 1 heterocycles. The molecule has 1 N–H and O–H groups in total. The summed E-state index contributed by atoms with van der Waals surface area (Å²) >= 11 is 2.11. The van der Waals surface area contributed by atoms with E-state index in [1.54, 1.807) is 7.11 Å². The number of benzene rings is 1. The summed E-state index contributed by atoms with van der Waals surface area (Å²) in [6, 6.07) is 6.53. The van der Waals surface area contributed by atoms with Crippen LogP contribution in [0.3, 0.4) is 0 Å². The molecule has 1 aromatic carbocycles. The number of rotatable bonds is 1. The summed E-state index contributed by atoms with van der Waals surface area (Å²) in [4.78, 5) is 0.303. The van der Waals surface area contributed by atoms with E-state index in [1.807, 2.05) is 0 Å². The molecular formula is C14H19NOS. The van der Waals surface area contributed by atoms with Crippen molar-refractivity contribution in [2.24, 2.45) is 0 Å². The number of methoxy groups -OCH3 is 1. The summed E-state index contributed by atoms with van der Waals surface area (Å²) in [5, 5.41) is 3.73. The van der Waals surface area contributed by atoms with Crippen LogP contribution in [-0.2, 0) is 12.8 Å². The minimum atomic E-state index is 0.303. The zero-order valence-corrected chi connectivity index (χ0v) is 11.1. The number of thioether (sulfide) groups is 1. The molecule has 2 nitrogen and oxygen atoms in total. The molecule has 1 atom stereocenters. The van der Waals surface area contributed by atoms with Gasteiger partial charge in [0.15, 0.2) is 0 Å². The van der Waals surface area contributed by atoms with Crippen LogP contribution in [0.25, 0.3) is 0 Å². The molecule has 0 radical (unpaired) electrons. The monoisotopic (exact) mass is 249 g/mol. The highest BCUT2D eigenvalue weighted by atomic mass is 32.2. The average molecular weight is 249 g/mol. The van der Waals surface area contributed by atoms with Crippen LogP contribution in [0.1, 0.15) is 24.0 Å². The Morgan fingerprint density at radius 1 is 1.35 bits per heavy atom. The molecule has 1 spiro atoms. The molecule has 0 bridgehead atoms. The van der Waals surface area contributed by atoms with Gasteiger partial charge in [-0.3, -0.25) is 0 Å². The summed E-state index contributed by atoms with van der Waals surface area (Å²) in [5.74, 6) is 2.29. The first-order chi connectivity index (χ1) is 8.31. The van der Waals surface area contributed by atoms with Gasteiger partial charge in [-0.25, -0.2) is 0 Å². The van der Waals surface area contributed by atoms with Crippen molar-refractivity contribution in [3.8, 4) is 5.75 Å². The average Bonchev–Trinajstić information content (AvgIpc) is 2.39. The van der Waals surface area contributed by atoms with E-state index in [2.05, 4.69) is 35.3 Å². The predicted octanol–water partition coefficient (Wildman–Crippen LogP) is 2.61. The number of ether oxygens (including phenoxy) is 1. The van der Waals surface area contributed by atoms with Gasteiger partial charge < -0.3 is 10.1 Å². The van der Waals surface area contributed by atoms with Gasteiger partial charge in [-0.1, -0.05) is 6.07 Å². The first kappa shape index (κ1) is 11.4. The van der Waals surface area contributed by atoms with E-state index >= 15 is 0 Å². The molecule has 0 saturated carbocycles. The quantitative estimate of drug-likeness (QED) is 0.826. The topological polar surface area (TPSA) is 21.3 Å². The highest BCUT2D eigenvalue weighted by Crippen LogP contribution is 2.39. The molecule has 1 aromatic rings. The van der Waals surface area contributed by atoms with E-state index < -0.39 is 0 Å². The van der Waals surface area contributed by atoms with Crippen LogP contribution in [0.15, 0.2) is 18.2 Å². The van der Waals surface area contributed by atoms with Gasteiger partial charge in [-0.05, 0) is 54.8 Å². The van der Waals surface area contributed by atoms with Gasteiger partial charge >= 0.3 is 0 Å². The molecule has 17 heavy (non-hydrogen) atoms. The highest BCUT2D eigenvalue weighted by Gasteiger charge is 2.36. The molecule has 1 unspecified atom stereocenters. The molecule has 3 heteroatoms. The van der Waals surface area contributed by atoms with Crippen LogP contribution in [0, 0.1) is 0 Å². The minimum Gasteiger partial charge on any atom is -0.497 e. The molecule has 1 fully saturated rings. The fourth-order valence-electron chi connectivity index (χ4n) is 2.85. The molecule has 92 valence electrons.